The molecule has 0 spiro atoms. The summed E-state index contributed by atoms with van der Waals surface area (Å²) in [5.74, 6) is -0.179. The lowest BCUT2D eigenvalue weighted by Gasteiger charge is -2.08. The average Bonchev–Trinajstić information content (AvgIpc) is 2.39. The highest BCUT2D eigenvalue weighted by atomic mass is 79.9. The van der Waals surface area contributed by atoms with Crippen LogP contribution in [0, 0.1) is 12.7 Å². The Kier molecular flexibility index (Phi) is 5.69. The third kappa shape index (κ3) is 4.36. The standard InChI is InChI=1S/C15H15Br2FN2/c1-10-6-13(18)3-2-11(10)4-5-19-9-15-14(17)7-12(16)8-20-15/h2-3,6-8,19H,4-5,9H2,1H3. The zero-order valence-corrected chi connectivity index (χ0v) is 14.3. The highest BCUT2D eigenvalue weighted by molar-refractivity contribution is 9.11. The minimum absolute atomic E-state index is 0.179. The molecular formula is C15H15Br2FN2. The predicted octanol–water partition coefficient (Wildman–Crippen LogP) is 4.39. The fourth-order valence-corrected chi connectivity index (χ4v) is 3.07. The van der Waals surface area contributed by atoms with Crippen molar-refractivity contribution in [2.45, 2.75) is 19.9 Å². The number of halogens is 3. The largest absolute Gasteiger partial charge is 0.311 e. The molecular weight excluding hydrogens is 387 g/mol. The lowest BCUT2D eigenvalue weighted by atomic mass is 10.1. The van der Waals surface area contributed by atoms with Gasteiger partial charge in [-0.25, -0.2) is 4.39 Å². The van der Waals surface area contributed by atoms with E-state index in [0.29, 0.717) is 6.54 Å². The number of nitrogens with one attached hydrogen (secondary N) is 1. The fraction of sp³-hybridized carbons (Fsp3) is 0.267. The van der Waals surface area contributed by atoms with Gasteiger partial charge in [0.1, 0.15) is 5.82 Å². The van der Waals surface area contributed by atoms with Crippen molar-refractivity contribution in [3.63, 3.8) is 0 Å². The second-order valence-corrected chi connectivity index (χ2v) is 6.35. The van der Waals surface area contributed by atoms with E-state index in [9.17, 15) is 4.39 Å². The van der Waals surface area contributed by atoms with Crippen molar-refractivity contribution >= 4 is 31.9 Å². The van der Waals surface area contributed by atoms with Gasteiger partial charge in [-0.2, -0.15) is 0 Å². The monoisotopic (exact) mass is 400 g/mol. The Hall–Kier alpha value is -0.780. The summed E-state index contributed by atoms with van der Waals surface area (Å²) in [5, 5.41) is 3.35. The van der Waals surface area contributed by atoms with Crippen LogP contribution in [0.4, 0.5) is 4.39 Å². The van der Waals surface area contributed by atoms with E-state index in [1.54, 1.807) is 12.3 Å². The third-order valence-electron chi connectivity index (χ3n) is 3.05. The first kappa shape index (κ1) is 15.6. The molecule has 0 radical (unpaired) electrons. The van der Waals surface area contributed by atoms with Crippen molar-refractivity contribution in [2.24, 2.45) is 0 Å². The first-order valence-electron chi connectivity index (χ1n) is 6.32. The van der Waals surface area contributed by atoms with Crippen LogP contribution in [0.5, 0.6) is 0 Å². The van der Waals surface area contributed by atoms with Crippen molar-refractivity contribution in [1.82, 2.24) is 10.3 Å². The molecule has 0 saturated heterocycles. The van der Waals surface area contributed by atoms with E-state index in [1.807, 2.05) is 19.1 Å². The summed E-state index contributed by atoms with van der Waals surface area (Å²) in [6, 6.07) is 6.91. The Balaban J connectivity index is 1.84. The zero-order valence-electron chi connectivity index (χ0n) is 11.1. The summed E-state index contributed by atoms with van der Waals surface area (Å²) in [6.45, 7) is 3.47. The Morgan fingerprint density at radius 3 is 2.75 bits per heavy atom. The minimum atomic E-state index is -0.179. The fourth-order valence-electron chi connectivity index (χ4n) is 1.94. The summed E-state index contributed by atoms with van der Waals surface area (Å²) < 4.78 is 14.9. The molecule has 1 aromatic heterocycles. The molecule has 20 heavy (non-hydrogen) atoms. The van der Waals surface area contributed by atoms with Crippen LogP contribution >= 0.6 is 31.9 Å². The van der Waals surface area contributed by atoms with E-state index in [-0.39, 0.29) is 5.82 Å². The number of aromatic nitrogens is 1. The first-order chi connectivity index (χ1) is 9.56. The van der Waals surface area contributed by atoms with E-state index < -0.39 is 0 Å². The lowest BCUT2D eigenvalue weighted by molar-refractivity contribution is 0.624. The van der Waals surface area contributed by atoms with Crippen LogP contribution in [0.25, 0.3) is 0 Å². The van der Waals surface area contributed by atoms with Crippen molar-refractivity contribution in [3.05, 3.63) is 62.0 Å². The maximum Gasteiger partial charge on any atom is 0.123 e. The van der Waals surface area contributed by atoms with Crippen LogP contribution in [0.3, 0.4) is 0 Å². The van der Waals surface area contributed by atoms with E-state index in [2.05, 4.69) is 42.2 Å². The normalized spacial score (nSPS) is 10.8. The molecule has 0 bridgehead atoms. The van der Waals surface area contributed by atoms with Gasteiger partial charge in [0, 0.05) is 21.7 Å². The van der Waals surface area contributed by atoms with Gasteiger partial charge in [-0.3, -0.25) is 4.98 Å². The summed E-state index contributed by atoms with van der Waals surface area (Å²) >= 11 is 6.87. The topological polar surface area (TPSA) is 24.9 Å². The maximum absolute atomic E-state index is 13.0. The number of aryl methyl sites for hydroxylation is 1. The zero-order chi connectivity index (χ0) is 14.5. The molecule has 0 atom stereocenters. The van der Waals surface area contributed by atoms with Crippen molar-refractivity contribution in [2.75, 3.05) is 6.54 Å². The molecule has 0 fully saturated rings. The number of hydrogen-bond acceptors (Lipinski definition) is 2. The Morgan fingerprint density at radius 1 is 1.25 bits per heavy atom. The number of benzene rings is 1. The van der Waals surface area contributed by atoms with Crippen LogP contribution in [-0.2, 0) is 13.0 Å². The van der Waals surface area contributed by atoms with E-state index in [0.717, 1.165) is 33.2 Å². The minimum Gasteiger partial charge on any atom is -0.311 e. The highest BCUT2D eigenvalue weighted by Crippen LogP contribution is 2.19. The molecule has 5 heteroatoms. The van der Waals surface area contributed by atoms with E-state index in [1.165, 1.54) is 11.6 Å². The lowest BCUT2D eigenvalue weighted by Crippen LogP contribution is -2.18. The van der Waals surface area contributed by atoms with Gasteiger partial charge in [0.05, 0.1) is 5.69 Å². The highest BCUT2D eigenvalue weighted by Gasteiger charge is 2.03. The van der Waals surface area contributed by atoms with Crippen molar-refractivity contribution in [1.29, 1.82) is 0 Å². The van der Waals surface area contributed by atoms with Gasteiger partial charge in [-0.1, -0.05) is 6.07 Å². The summed E-state index contributed by atoms with van der Waals surface area (Å²) in [7, 11) is 0. The van der Waals surface area contributed by atoms with Gasteiger partial charge in [0.2, 0.25) is 0 Å². The predicted molar refractivity (Wildman–Crippen MR) is 86.2 cm³/mol. The first-order valence-corrected chi connectivity index (χ1v) is 7.90. The number of pyridine rings is 1. The van der Waals surface area contributed by atoms with Crippen molar-refractivity contribution < 1.29 is 4.39 Å². The second kappa shape index (κ2) is 7.29. The van der Waals surface area contributed by atoms with Crippen LogP contribution in [0.15, 0.2) is 39.4 Å². The maximum atomic E-state index is 13.0. The molecule has 0 saturated carbocycles. The van der Waals surface area contributed by atoms with E-state index in [4.69, 9.17) is 0 Å². The molecule has 0 amide bonds. The van der Waals surface area contributed by atoms with Gasteiger partial charge in [-0.15, -0.1) is 0 Å². The molecule has 2 aromatic rings. The smallest absolute Gasteiger partial charge is 0.123 e. The number of hydrogen-bond donors (Lipinski definition) is 1. The van der Waals surface area contributed by atoms with E-state index >= 15 is 0 Å². The number of nitrogens with zero attached hydrogens (tertiary/aromatic N) is 1. The summed E-state index contributed by atoms with van der Waals surface area (Å²) in [6.07, 6.45) is 2.66. The molecule has 1 aromatic carbocycles. The molecule has 106 valence electrons. The SMILES string of the molecule is Cc1cc(F)ccc1CCNCc1ncc(Br)cc1Br. The quantitative estimate of drug-likeness (QED) is 0.751. The summed E-state index contributed by atoms with van der Waals surface area (Å²) in [5.41, 5.74) is 3.14. The average molecular weight is 402 g/mol. The molecule has 1 heterocycles. The van der Waals surface area contributed by atoms with Gasteiger partial charge >= 0.3 is 0 Å². The Morgan fingerprint density at radius 2 is 2.05 bits per heavy atom. The summed E-state index contributed by atoms with van der Waals surface area (Å²) in [4.78, 5) is 4.35. The Labute approximate surface area is 135 Å². The molecule has 2 rings (SSSR count). The van der Waals surface area contributed by atoms with Crippen LogP contribution in [0.2, 0.25) is 0 Å². The third-order valence-corrected chi connectivity index (χ3v) is 4.17. The second-order valence-electron chi connectivity index (χ2n) is 4.58. The van der Waals surface area contributed by atoms with Gasteiger partial charge in [0.15, 0.2) is 0 Å². The molecule has 0 aliphatic rings. The van der Waals surface area contributed by atoms with Crippen LogP contribution < -0.4 is 5.32 Å². The molecule has 2 nitrogen and oxygen atoms in total. The Bertz CT molecular complexity index is 549. The molecule has 0 unspecified atom stereocenters. The van der Waals surface area contributed by atoms with Gasteiger partial charge in [0.25, 0.3) is 0 Å². The van der Waals surface area contributed by atoms with Crippen LogP contribution in [0.1, 0.15) is 16.8 Å². The number of rotatable bonds is 5. The molecule has 0 aliphatic carbocycles. The molecule has 0 aliphatic heterocycles. The van der Waals surface area contributed by atoms with Gasteiger partial charge < -0.3 is 5.32 Å². The van der Waals surface area contributed by atoms with Crippen molar-refractivity contribution in [3.8, 4) is 0 Å². The van der Waals surface area contributed by atoms with Gasteiger partial charge in [-0.05, 0) is 81.1 Å². The molecule has 1 N–H and O–H groups in total. The van der Waals surface area contributed by atoms with Crippen LogP contribution in [-0.4, -0.2) is 11.5 Å².